The summed E-state index contributed by atoms with van der Waals surface area (Å²) in [6.07, 6.45) is 19.9. The zero-order valence-electron chi connectivity index (χ0n) is 20.5. The first kappa shape index (κ1) is 26.3. The molecule has 0 bridgehead atoms. The standard InChI is InChI=1S/C24H38N2.C4H4O4/c1-2-4-6-9-13-22(12-8-5-3-1)25-19-16-24(17-20-25)18-21-26(24)23-14-10-7-11-15-23;5-3(6)1-2-4(7)8/h7,10-11,14-15,22H,1-6,8-9,12-13,16-21H2;1-2H,(H,5,6)(H,7,8)/b;2-1+. The van der Waals surface area contributed by atoms with Crippen LogP contribution in [0.2, 0.25) is 0 Å². The molecule has 0 radical (unpaired) electrons. The molecule has 1 aromatic rings. The zero-order valence-corrected chi connectivity index (χ0v) is 20.5. The predicted molar refractivity (Wildman–Crippen MR) is 136 cm³/mol. The van der Waals surface area contributed by atoms with Gasteiger partial charge in [-0.2, -0.15) is 0 Å². The van der Waals surface area contributed by atoms with E-state index < -0.39 is 11.9 Å². The second kappa shape index (κ2) is 13.5. The second-order valence-corrected chi connectivity index (χ2v) is 10.1. The summed E-state index contributed by atoms with van der Waals surface area (Å²) in [5.74, 6) is -2.51. The summed E-state index contributed by atoms with van der Waals surface area (Å²) >= 11 is 0. The molecule has 4 rings (SSSR count). The van der Waals surface area contributed by atoms with Crippen LogP contribution >= 0.6 is 0 Å². The minimum absolute atomic E-state index is 0.478. The maximum Gasteiger partial charge on any atom is 0.328 e. The molecule has 2 aliphatic heterocycles. The van der Waals surface area contributed by atoms with E-state index in [1.54, 1.807) is 0 Å². The predicted octanol–water partition coefficient (Wildman–Crippen LogP) is 5.73. The van der Waals surface area contributed by atoms with Crippen molar-refractivity contribution >= 4 is 17.6 Å². The molecule has 34 heavy (non-hydrogen) atoms. The molecule has 3 aliphatic rings. The van der Waals surface area contributed by atoms with Crippen LogP contribution in [-0.2, 0) is 9.59 Å². The van der Waals surface area contributed by atoms with Crippen LogP contribution in [0.1, 0.15) is 83.5 Å². The average molecular weight is 471 g/mol. The van der Waals surface area contributed by atoms with E-state index >= 15 is 0 Å². The lowest BCUT2D eigenvalue weighted by atomic mass is 9.75. The molecule has 0 amide bonds. The molecule has 0 unspecified atom stereocenters. The van der Waals surface area contributed by atoms with Gasteiger partial charge in [-0.1, -0.05) is 69.6 Å². The van der Waals surface area contributed by atoms with Crippen molar-refractivity contribution in [1.29, 1.82) is 0 Å². The summed E-state index contributed by atoms with van der Waals surface area (Å²) in [5.41, 5.74) is 1.92. The summed E-state index contributed by atoms with van der Waals surface area (Å²) in [6, 6.07) is 12.0. The molecule has 2 N–H and O–H groups in total. The third kappa shape index (κ3) is 7.86. The number of anilines is 1. The van der Waals surface area contributed by atoms with E-state index in [4.69, 9.17) is 10.2 Å². The van der Waals surface area contributed by atoms with E-state index in [2.05, 4.69) is 40.1 Å². The molecule has 0 atom stereocenters. The van der Waals surface area contributed by atoms with Crippen LogP contribution in [-0.4, -0.2) is 58.3 Å². The van der Waals surface area contributed by atoms with Gasteiger partial charge in [0.25, 0.3) is 0 Å². The van der Waals surface area contributed by atoms with Gasteiger partial charge in [-0.05, 0) is 44.2 Å². The Bertz CT molecular complexity index is 759. The Morgan fingerprint density at radius 2 is 1.21 bits per heavy atom. The lowest BCUT2D eigenvalue weighted by Crippen LogP contribution is -2.65. The highest BCUT2D eigenvalue weighted by atomic mass is 16.4. The Balaban J connectivity index is 0.000000350. The number of likely N-dealkylation sites (tertiary alicyclic amines) is 1. The van der Waals surface area contributed by atoms with Crippen LogP contribution in [0, 0.1) is 0 Å². The Morgan fingerprint density at radius 3 is 1.65 bits per heavy atom. The van der Waals surface area contributed by atoms with Gasteiger partial charge in [-0.3, -0.25) is 0 Å². The zero-order chi connectivity index (χ0) is 24.2. The highest BCUT2D eigenvalue weighted by Crippen LogP contribution is 2.43. The Hall–Kier alpha value is -2.34. The largest absolute Gasteiger partial charge is 0.478 e. The van der Waals surface area contributed by atoms with E-state index in [0.717, 1.165) is 6.04 Å². The van der Waals surface area contributed by atoms with Crippen molar-refractivity contribution in [3.63, 3.8) is 0 Å². The summed E-state index contributed by atoms with van der Waals surface area (Å²) < 4.78 is 0. The van der Waals surface area contributed by atoms with Crippen molar-refractivity contribution in [2.45, 2.75) is 95.1 Å². The highest BCUT2D eigenvalue weighted by Gasteiger charge is 2.46. The summed E-state index contributed by atoms with van der Waals surface area (Å²) in [6.45, 7) is 3.91. The fourth-order valence-corrected chi connectivity index (χ4v) is 5.85. The quantitative estimate of drug-likeness (QED) is 0.547. The fourth-order valence-electron chi connectivity index (χ4n) is 5.85. The van der Waals surface area contributed by atoms with Crippen LogP contribution in [0.3, 0.4) is 0 Å². The molecule has 1 saturated carbocycles. The number of rotatable bonds is 4. The van der Waals surface area contributed by atoms with Crippen molar-refractivity contribution in [3.8, 4) is 0 Å². The minimum Gasteiger partial charge on any atom is -0.478 e. The Kier molecular flexibility index (Phi) is 10.4. The van der Waals surface area contributed by atoms with Gasteiger partial charge in [0.1, 0.15) is 0 Å². The SMILES string of the molecule is O=C(O)/C=C/C(=O)O.c1ccc(N2CCC23CCN(C2CCCCCCCCCC2)CC3)cc1. The van der Waals surface area contributed by atoms with E-state index in [1.807, 2.05) is 0 Å². The van der Waals surface area contributed by atoms with Crippen LogP contribution in [0.15, 0.2) is 42.5 Å². The third-order valence-electron chi connectivity index (χ3n) is 7.88. The van der Waals surface area contributed by atoms with Gasteiger partial charge in [-0.25, -0.2) is 9.59 Å². The van der Waals surface area contributed by atoms with E-state index in [0.29, 0.717) is 17.7 Å². The van der Waals surface area contributed by atoms with Gasteiger partial charge in [0, 0.05) is 49.1 Å². The topological polar surface area (TPSA) is 81.1 Å². The minimum atomic E-state index is -1.26. The number of piperidine rings is 1. The molecule has 0 aromatic heterocycles. The molecular formula is C28H42N2O4. The average Bonchev–Trinajstić information content (AvgIpc) is 2.89. The van der Waals surface area contributed by atoms with Crippen molar-refractivity contribution in [1.82, 2.24) is 4.90 Å². The lowest BCUT2D eigenvalue weighted by molar-refractivity contribution is -0.134. The first-order valence-corrected chi connectivity index (χ1v) is 13.2. The van der Waals surface area contributed by atoms with Gasteiger partial charge in [0.2, 0.25) is 0 Å². The highest BCUT2D eigenvalue weighted by molar-refractivity contribution is 5.89. The molecular weight excluding hydrogens is 428 g/mol. The molecule has 1 spiro atoms. The van der Waals surface area contributed by atoms with Crippen molar-refractivity contribution in [2.24, 2.45) is 0 Å². The maximum atomic E-state index is 9.55. The third-order valence-corrected chi connectivity index (χ3v) is 7.88. The fraction of sp³-hybridized carbons (Fsp3) is 0.643. The van der Waals surface area contributed by atoms with Crippen molar-refractivity contribution < 1.29 is 19.8 Å². The van der Waals surface area contributed by atoms with Crippen LogP contribution < -0.4 is 4.90 Å². The number of carbonyl (C=O) groups is 2. The van der Waals surface area contributed by atoms with Crippen molar-refractivity contribution in [2.75, 3.05) is 24.5 Å². The molecule has 1 aromatic carbocycles. The molecule has 2 heterocycles. The van der Waals surface area contributed by atoms with Gasteiger partial charge in [-0.15, -0.1) is 0 Å². The number of hydrogen-bond acceptors (Lipinski definition) is 4. The molecule has 188 valence electrons. The molecule has 3 fully saturated rings. The van der Waals surface area contributed by atoms with E-state index in [1.165, 1.54) is 109 Å². The van der Waals surface area contributed by atoms with Gasteiger partial charge >= 0.3 is 11.9 Å². The van der Waals surface area contributed by atoms with Crippen LogP contribution in [0.5, 0.6) is 0 Å². The van der Waals surface area contributed by atoms with Crippen LogP contribution in [0.25, 0.3) is 0 Å². The maximum absolute atomic E-state index is 9.55. The number of nitrogens with zero attached hydrogens (tertiary/aromatic N) is 2. The first-order valence-electron chi connectivity index (χ1n) is 13.2. The van der Waals surface area contributed by atoms with Crippen LogP contribution in [0.4, 0.5) is 5.69 Å². The summed E-state index contributed by atoms with van der Waals surface area (Å²) in [5, 5.41) is 15.6. The number of carboxylic acids is 2. The second-order valence-electron chi connectivity index (χ2n) is 10.1. The Morgan fingerprint density at radius 1 is 0.735 bits per heavy atom. The number of benzene rings is 1. The molecule has 2 saturated heterocycles. The van der Waals surface area contributed by atoms with Gasteiger partial charge in [0.05, 0.1) is 0 Å². The molecule has 6 heteroatoms. The lowest BCUT2D eigenvalue weighted by Gasteiger charge is -2.58. The summed E-state index contributed by atoms with van der Waals surface area (Å²) in [7, 11) is 0. The Labute approximate surface area is 204 Å². The molecule has 1 aliphatic carbocycles. The molecule has 6 nitrogen and oxygen atoms in total. The number of para-hydroxylation sites is 1. The van der Waals surface area contributed by atoms with Gasteiger partial charge in [0.15, 0.2) is 0 Å². The number of aliphatic carboxylic acids is 2. The van der Waals surface area contributed by atoms with Crippen molar-refractivity contribution in [3.05, 3.63) is 42.5 Å². The van der Waals surface area contributed by atoms with Gasteiger partial charge < -0.3 is 20.0 Å². The van der Waals surface area contributed by atoms with E-state index in [9.17, 15) is 9.59 Å². The normalized spacial score (nSPS) is 22.3. The summed E-state index contributed by atoms with van der Waals surface area (Å²) in [4.78, 5) is 24.7. The first-order chi connectivity index (χ1) is 16.5. The smallest absolute Gasteiger partial charge is 0.328 e. The number of carboxylic acid groups (broad SMARTS) is 2. The number of hydrogen-bond donors (Lipinski definition) is 2. The monoisotopic (exact) mass is 470 g/mol. The van der Waals surface area contributed by atoms with E-state index in [-0.39, 0.29) is 0 Å².